The average molecular weight is 301 g/mol. The van der Waals surface area contributed by atoms with Crippen molar-refractivity contribution in [2.24, 2.45) is 0 Å². The van der Waals surface area contributed by atoms with Gasteiger partial charge < -0.3 is 10.1 Å². The van der Waals surface area contributed by atoms with Crippen LogP contribution in [0, 0.1) is 6.92 Å². The fraction of sp³-hybridized carbons (Fsp3) is 0.0714. The van der Waals surface area contributed by atoms with Crippen LogP contribution in [0.25, 0.3) is 10.9 Å². The summed E-state index contributed by atoms with van der Waals surface area (Å²) in [5.74, 6) is -1.02. The SMILES string of the molecule is Cc1csc(NC(=O)c2c(O)c3ccccc3[nH]c2=O)n1. The van der Waals surface area contributed by atoms with Gasteiger partial charge in [-0.15, -0.1) is 11.3 Å². The Balaban J connectivity index is 2.07. The van der Waals surface area contributed by atoms with Crippen molar-refractivity contribution in [2.45, 2.75) is 6.92 Å². The molecule has 0 aliphatic heterocycles. The van der Waals surface area contributed by atoms with E-state index in [1.54, 1.807) is 36.6 Å². The summed E-state index contributed by atoms with van der Waals surface area (Å²) in [6.07, 6.45) is 0. The van der Waals surface area contributed by atoms with Crippen LogP contribution in [-0.2, 0) is 0 Å². The maximum Gasteiger partial charge on any atom is 0.266 e. The van der Waals surface area contributed by atoms with Gasteiger partial charge in [-0.3, -0.25) is 14.9 Å². The molecule has 0 unspecified atom stereocenters. The second-order valence-electron chi connectivity index (χ2n) is 4.47. The molecule has 21 heavy (non-hydrogen) atoms. The lowest BCUT2D eigenvalue weighted by atomic mass is 10.1. The topological polar surface area (TPSA) is 95.1 Å². The Bertz CT molecular complexity index is 898. The molecular formula is C14H11N3O3S. The summed E-state index contributed by atoms with van der Waals surface area (Å²) in [5.41, 5.74) is 0.284. The molecule has 0 fully saturated rings. The number of amides is 1. The summed E-state index contributed by atoms with van der Waals surface area (Å²) >= 11 is 1.25. The molecule has 0 bridgehead atoms. The third-order valence-electron chi connectivity index (χ3n) is 2.96. The zero-order chi connectivity index (χ0) is 15.0. The number of carbonyl (C=O) groups excluding carboxylic acids is 1. The minimum absolute atomic E-state index is 0.318. The van der Waals surface area contributed by atoms with E-state index in [0.717, 1.165) is 5.69 Å². The van der Waals surface area contributed by atoms with E-state index in [0.29, 0.717) is 16.0 Å². The molecule has 0 atom stereocenters. The van der Waals surface area contributed by atoms with Gasteiger partial charge >= 0.3 is 0 Å². The molecule has 0 aliphatic carbocycles. The minimum atomic E-state index is -0.686. The van der Waals surface area contributed by atoms with E-state index in [-0.39, 0.29) is 11.3 Å². The van der Waals surface area contributed by atoms with E-state index in [1.165, 1.54) is 11.3 Å². The number of carbonyl (C=O) groups is 1. The number of aromatic hydroxyl groups is 1. The van der Waals surface area contributed by atoms with Crippen LogP contribution in [0.5, 0.6) is 5.75 Å². The van der Waals surface area contributed by atoms with Gasteiger partial charge in [0.25, 0.3) is 11.5 Å². The van der Waals surface area contributed by atoms with Gasteiger partial charge in [0.2, 0.25) is 0 Å². The van der Waals surface area contributed by atoms with E-state index >= 15 is 0 Å². The van der Waals surface area contributed by atoms with Gasteiger partial charge in [-0.1, -0.05) is 12.1 Å². The zero-order valence-electron chi connectivity index (χ0n) is 11.0. The maximum atomic E-state index is 12.2. The third kappa shape index (κ3) is 2.38. The Morgan fingerprint density at radius 1 is 1.38 bits per heavy atom. The number of thiazole rings is 1. The average Bonchev–Trinajstić information content (AvgIpc) is 2.84. The molecule has 0 aliphatic rings. The van der Waals surface area contributed by atoms with Crippen LogP contribution in [0.4, 0.5) is 5.13 Å². The summed E-state index contributed by atoms with van der Waals surface area (Å²) < 4.78 is 0. The van der Waals surface area contributed by atoms with Crippen molar-refractivity contribution >= 4 is 33.3 Å². The summed E-state index contributed by atoms with van der Waals surface area (Å²) in [7, 11) is 0. The highest BCUT2D eigenvalue weighted by atomic mass is 32.1. The maximum absolute atomic E-state index is 12.2. The highest BCUT2D eigenvalue weighted by Gasteiger charge is 2.19. The number of rotatable bonds is 2. The Kier molecular flexibility index (Phi) is 3.19. The van der Waals surface area contributed by atoms with Gasteiger partial charge in [0.05, 0.1) is 11.2 Å². The van der Waals surface area contributed by atoms with Crippen LogP contribution < -0.4 is 10.9 Å². The van der Waals surface area contributed by atoms with Crippen molar-refractivity contribution in [1.82, 2.24) is 9.97 Å². The predicted octanol–water partition coefficient (Wildman–Crippen LogP) is 2.25. The lowest BCUT2D eigenvalue weighted by molar-refractivity contribution is 0.102. The monoisotopic (exact) mass is 301 g/mol. The Labute approximate surface area is 123 Å². The van der Waals surface area contributed by atoms with E-state index in [1.807, 2.05) is 0 Å². The van der Waals surface area contributed by atoms with E-state index in [9.17, 15) is 14.7 Å². The fourth-order valence-corrected chi connectivity index (χ4v) is 2.69. The van der Waals surface area contributed by atoms with E-state index in [4.69, 9.17) is 0 Å². The third-order valence-corrected chi connectivity index (χ3v) is 3.84. The lowest BCUT2D eigenvalue weighted by Crippen LogP contribution is -2.23. The highest BCUT2D eigenvalue weighted by Crippen LogP contribution is 2.25. The first-order chi connectivity index (χ1) is 10.1. The first-order valence-electron chi connectivity index (χ1n) is 6.13. The van der Waals surface area contributed by atoms with Crippen molar-refractivity contribution in [3.63, 3.8) is 0 Å². The second kappa shape index (κ2) is 5.02. The molecule has 0 saturated carbocycles. The first kappa shape index (κ1) is 13.3. The predicted molar refractivity (Wildman–Crippen MR) is 81.0 cm³/mol. The molecule has 0 saturated heterocycles. The zero-order valence-corrected chi connectivity index (χ0v) is 11.8. The Morgan fingerprint density at radius 2 is 2.14 bits per heavy atom. The quantitative estimate of drug-likeness (QED) is 0.676. The molecular weight excluding hydrogens is 290 g/mol. The number of anilines is 1. The summed E-state index contributed by atoms with van der Waals surface area (Å²) in [5, 5.41) is 15.3. The number of nitrogens with one attached hydrogen (secondary N) is 2. The van der Waals surface area contributed by atoms with E-state index in [2.05, 4.69) is 15.3 Å². The number of aromatic amines is 1. The minimum Gasteiger partial charge on any atom is -0.506 e. The van der Waals surface area contributed by atoms with Crippen molar-refractivity contribution in [1.29, 1.82) is 0 Å². The highest BCUT2D eigenvalue weighted by molar-refractivity contribution is 7.13. The summed E-state index contributed by atoms with van der Waals surface area (Å²) in [4.78, 5) is 30.8. The smallest absolute Gasteiger partial charge is 0.266 e. The first-order valence-corrected chi connectivity index (χ1v) is 7.01. The molecule has 3 N–H and O–H groups in total. The number of hydrogen-bond donors (Lipinski definition) is 3. The molecule has 0 radical (unpaired) electrons. The van der Waals surface area contributed by atoms with Crippen LogP contribution in [0.3, 0.4) is 0 Å². The van der Waals surface area contributed by atoms with Crippen LogP contribution in [0.15, 0.2) is 34.4 Å². The largest absolute Gasteiger partial charge is 0.506 e. The number of nitrogens with zero attached hydrogens (tertiary/aromatic N) is 1. The van der Waals surface area contributed by atoms with Crippen LogP contribution in [-0.4, -0.2) is 21.0 Å². The number of para-hydroxylation sites is 1. The number of fused-ring (bicyclic) bond motifs is 1. The number of hydrogen-bond acceptors (Lipinski definition) is 5. The summed E-state index contributed by atoms with van der Waals surface area (Å²) in [6.45, 7) is 1.80. The Morgan fingerprint density at radius 3 is 2.86 bits per heavy atom. The molecule has 2 aromatic heterocycles. The number of H-pyrrole nitrogens is 1. The number of aromatic nitrogens is 2. The standard InChI is InChI=1S/C14H11N3O3S/c1-7-6-21-14(15-7)17-13(20)10-11(18)8-4-2-3-5-9(8)16-12(10)19/h2-6H,1H3,(H,15,17,20)(H2,16,18,19). The molecule has 3 rings (SSSR count). The molecule has 1 amide bonds. The molecule has 3 aromatic rings. The van der Waals surface area contributed by atoms with Gasteiger partial charge in [-0.05, 0) is 19.1 Å². The van der Waals surface area contributed by atoms with Gasteiger partial charge in [-0.25, -0.2) is 4.98 Å². The molecule has 106 valence electrons. The fourth-order valence-electron chi connectivity index (χ4n) is 2.01. The van der Waals surface area contributed by atoms with E-state index < -0.39 is 11.5 Å². The molecule has 2 heterocycles. The van der Waals surface area contributed by atoms with Gasteiger partial charge in [0.15, 0.2) is 5.13 Å². The van der Waals surface area contributed by atoms with Crippen LogP contribution >= 0.6 is 11.3 Å². The van der Waals surface area contributed by atoms with Gasteiger partial charge in [0.1, 0.15) is 11.3 Å². The number of pyridine rings is 1. The Hall–Kier alpha value is -2.67. The molecule has 7 heteroatoms. The molecule has 0 spiro atoms. The van der Waals surface area contributed by atoms with Gasteiger partial charge in [-0.2, -0.15) is 0 Å². The van der Waals surface area contributed by atoms with Crippen molar-refractivity contribution in [3.05, 3.63) is 51.3 Å². The van der Waals surface area contributed by atoms with Crippen LogP contribution in [0.1, 0.15) is 16.1 Å². The van der Waals surface area contributed by atoms with Crippen LogP contribution in [0.2, 0.25) is 0 Å². The van der Waals surface area contributed by atoms with Crippen molar-refractivity contribution < 1.29 is 9.90 Å². The molecule has 6 nitrogen and oxygen atoms in total. The summed E-state index contributed by atoms with van der Waals surface area (Å²) in [6, 6.07) is 6.73. The van der Waals surface area contributed by atoms with Gasteiger partial charge in [0, 0.05) is 10.8 Å². The van der Waals surface area contributed by atoms with Crippen molar-refractivity contribution in [2.75, 3.05) is 5.32 Å². The second-order valence-corrected chi connectivity index (χ2v) is 5.33. The number of aryl methyl sites for hydroxylation is 1. The lowest BCUT2D eigenvalue weighted by Gasteiger charge is -2.06. The number of benzene rings is 1. The molecule has 1 aromatic carbocycles. The normalized spacial score (nSPS) is 10.7. The van der Waals surface area contributed by atoms with Crippen molar-refractivity contribution in [3.8, 4) is 5.75 Å².